The van der Waals surface area contributed by atoms with Gasteiger partial charge >= 0.3 is 12.1 Å². The molecule has 0 aliphatic carbocycles. The van der Waals surface area contributed by atoms with Gasteiger partial charge in [0.05, 0.1) is 31.6 Å². The highest BCUT2D eigenvalue weighted by molar-refractivity contribution is 7.92. The normalized spacial score (nSPS) is 13.8. The number of rotatable bonds is 13. The fourth-order valence-electron chi connectivity index (χ4n) is 4.06. The Kier molecular flexibility index (Phi) is 12.1. The van der Waals surface area contributed by atoms with Gasteiger partial charge in [0, 0.05) is 0 Å². The van der Waals surface area contributed by atoms with E-state index in [-0.39, 0.29) is 17.2 Å². The molecule has 0 heterocycles. The molecule has 230 valence electrons. The number of alkyl carbamates (subject to hydrolysis) is 1. The maximum atomic E-state index is 14.1. The van der Waals surface area contributed by atoms with Crippen molar-refractivity contribution in [1.82, 2.24) is 10.6 Å². The van der Waals surface area contributed by atoms with E-state index >= 15 is 0 Å². The van der Waals surface area contributed by atoms with E-state index in [0.29, 0.717) is 11.3 Å². The number of carbonyl (C=O) groups is 4. The summed E-state index contributed by atoms with van der Waals surface area (Å²) in [6.45, 7) is 8.30. The number of methoxy groups -OCH3 is 2. The first-order chi connectivity index (χ1) is 19.6. The van der Waals surface area contributed by atoms with E-state index < -0.39 is 62.9 Å². The van der Waals surface area contributed by atoms with Crippen LogP contribution < -0.4 is 15.4 Å². The van der Waals surface area contributed by atoms with Crippen LogP contribution in [0.2, 0.25) is 0 Å². The second-order valence-corrected chi connectivity index (χ2v) is 13.1. The zero-order chi connectivity index (χ0) is 31.7. The number of ketones is 1. The molecule has 2 rings (SSSR count). The topological polar surface area (TPSA) is 154 Å². The Morgan fingerprint density at radius 1 is 0.881 bits per heavy atom. The largest absolute Gasteiger partial charge is 0.497 e. The van der Waals surface area contributed by atoms with Gasteiger partial charge in [-0.3, -0.25) is 9.59 Å². The van der Waals surface area contributed by atoms with Crippen molar-refractivity contribution in [3.63, 3.8) is 0 Å². The van der Waals surface area contributed by atoms with Gasteiger partial charge in [0.25, 0.3) is 0 Å². The summed E-state index contributed by atoms with van der Waals surface area (Å²) in [6.07, 6.45) is -1.83. The van der Waals surface area contributed by atoms with Crippen LogP contribution in [0.5, 0.6) is 5.75 Å². The average molecular weight is 605 g/mol. The smallest absolute Gasteiger partial charge is 0.408 e. The van der Waals surface area contributed by atoms with E-state index in [1.54, 1.807) is 65.0 Å². The fraction of sp³-hybridized carbons (Fsp3) is 0.467. The molecule has 0 spiro atoms. The van der Waals surface area contributed by atoms with E-state index in [4.69, 9.17) is 14.2 Å². The number of benzene rings is 2. The number of carbonyl (C=O) groups excluding carboxylic acids is 4. The van der Waals surface area contributed by atoms with Gasteiger partial charge in [-0.25, -0.2) is 18.0 Å². The van der Waals surface area contributed by atoms with Gasteiger partial charge in [-0.15, -0.1) is 0 Å². The lowest BCUT2D eigenvalue weighted by atomic mass is 9.98. The number of nitrogens with one attached hydrogen (secondary N) is 2. The number of amides is 2. The summed E-state index contributed by atoms with van der Waals surface area (Å²) >= 11 is 0. The molecule has 0 aliphatic heterocycles. The van der Waals surface area contributed by atoms with Gasteiger partial charge in [-0.2, -0.15) is 0 Å². The Morgan fingerprint density at radius 3 is 1.98 bits per heavy atom. The Morgan fingerprint density at radius 2 is 1.48 bits per heavy atom. The molecule has 2 aromatic rings. The maximum Gasteiger partial charge on any atom is 0.408 e. The quantitative estimate of drug-likeness (QED) is 0.328. The Balaban J connectivity index is 2.53. The summed E-state index contributed by atoms with van der Waals surface area (Å²) in [7, 11) is -1.77. The van der Waals surface area contributed by atoms with E-state index in [0.717, 1.165) is 0 Å². The summed E-state index contributed by atoms with van der Waals surface area (Å²) in [5, 5.41) is 3.10. The Bertz CT molecular complexity index is 1340. The minimum atomic E-state index is -4.43. The van der Waals surface area contributed by atoms with Crippen molar-refractivity contribution in [2.45, 2.75) is 75.3 Å². The standard InChI is InChI=1S/C30H40N2O9S/c1-19(2)26(28(35)40-7)32-25(33)18-24(42(37,38)22-11-9-8-10-12-22)27(34)23(31-29(36)41-30(3,4)5)17-20-13-15-21(39-6)16-14-20/h8-16,19,23-24,26H,17-18H2,1-7H3,(H,31,36)(H,32,33)/t23-,24?,26?/m0/s1. The maximum absolute atomic E-state index is 14.1. The molecular formula is C30H40N2O9S. The van der Waals surface area contributed by atoms with Crippen molar-refractivity contribution < 1.29 is 41.8 Å². The van der Waals surface area contributed by atoms with Crippen LogP contribution in [-0.4, -0.2) is 69.3 Å². The van der Waals surface area contributed by atoms with Crippen LogP contribution in [0.1, 0.15) is 46.6 Å². The summed E-state index contributed by atoms with van der Waals surface area (Å²) < 4.78 is 42.9. The van der Waals surface area contributed by atoms with Gasteiger partial charge in [0.15, 0.2) is 15.6 Å². The molecule has 2 N–H and O–H groups in total. The molecule has 0 aliphatic rings. The lowest BCUT2D eigenvalue weighted by Crippen LogP contribution is -2.52. The molecule has 0 fully saturated rings. The third-order valence-electron chi connectivity index (χ3n) is 6.21. The minimum absolute atomic E-state index is 0.0960. The van der Waals surface area contributed by atoms with Crippen molar-refractivity contribution in [2.24, 2.45) is 5.92 Å². The lowest BCUT2D eigenvalue weighted by molar-refractivity contribution is -0.146. The van der Waals surface area contributed by atoms with E-state index in [1.165, 1.54) is 38.5 Å². The molecule has 0 saturated heterocycles. The van der Waals surface area contributed by atoms with Crippen molar-refractivity contribution in [2.75, 3.05) is 14.2 Å². The van der Waals surface area contributed by atoms with Gasteiger partial charge in [0.1, 0.15) is 22.6 Å². The zero-order valence-corrected chi connectivity index (χ0v) is 25.8. The summed E-state index contributed by atoms with van der Waals surface area (Å²) in [5.74, 6) is -2.30. The SMILES string of the molecule is COC(=O)C(NC(=O)CC(C(=O)[C@H](Cc1ccc(OC)cc1)NC(=O)OC(C)(C)C)S(=O)(=O)c1ccccc1)C(C)C. The third kappa shape index (κ3) is 9.86. The second kappa shape index (κ2) is 14.8. The molecule has 0 aromatic heterocycles. The van der Waals surface area contributed by atoms with E-state index in [2.05, 4.69) is 10.6 Å². The summed E-state index contributed by atoms with van der Waals surface area (Å²) in [5.41, 5.74) is -0.302. The number of hydrogen-bond donors (Lipinski definition) is 2. The van der Waals surface area contributed by atoms with Gasteiger partial charge in [-0.1, -0.05) is 44.2 Å². The third-order valence-corrected chi connectivity index (χ3v) is 8.28. The highest BCUT2D eigenvalue weighted by Crippen LogP contribution is 2.23. The number of Topliss-reactive ketones (excluding diaryl/α,β-unsaturated/α-hetero) is 1. The molecule has 2 unspecified atom stereocenters. The predicted octanol–water partition coefficient (Wildman–Crippen LogP) is 3.25. The van der Waals surface area contributed by atoms with Crippen LogP contribution in [0, 0.1) is 5.92 Å². The van der Waals surface area contributed by atoms with Crippen molar-refractivity contribution in [3.8, 4) is 5.75 Å². The molecule has 0 bridgehead atoms. The van der Waals surface area contributed by atoms with Crippen LogP contribution in [0.4, 0.5) is 4.79 Å². The van der Waals surface area contributed by atoms with Crippen LogP contribution in [0.25, 0.3) is 0 Å². The molecule has 42 heavy (non-hydrogen) atoms. The number of hydrogen-bond acceptors (Lipinski definition) is 9. The predicted molar refractivity (Wildman–Crippen MR) is 156 cm³/mol. The monoisotopic (exact) mass is 604 g/mol. The summed E-state index contributed by atoms with van der Waals surface area (Å²) in [4.78, 5) is 52.1. The molecule has 2 amide bonds. The second-order valence-electron chi connectivity index (χ2n) is 11.0. The lowest BCUT2D eigenvalue weighted by Gasteiger charge is -2.26. The molecule has 2 aromatic carbocycles. The summed E-state index contributed by atoms with van der Waals surface area (Å²) in [6, 6.07) is 11.5. The first-order valence-corrected chi connectivity index (χ1v) is 15.0. The first kappa shape index (κ1) is 34.3. The fourth-order valence-corrected chi connectivity index (χ4v) is 5.76. The van der Waals surface area contributed by atoms with E-state index in [9.17, 15) is 27.6 Å². The van der Waals surface area contributed by atoms with Gasteiger partial charge < -0.3 is 24.8 Å². The molecule has 12 heteroatoms. The first-order valence-electron chi connectivity index (χ1n) is 13.4. The molecular weight excluding hydrogens is 564 g/mol. The van der Waals surface area contributed by atoms with Gasteiger partial charge in [-0.05, 0) is 62.9 Å². The van der Waals surface area contributed by atoms with Crippen molar-refractivity contribution >= 4 is 33.6 Å². The molecule has 3 atom stereocenters. The van der Waals surface area contributed by atoms with Crippen LogP contribution in [-0.2, 0) is 40.1 Å². The number of sulfone groups is 1. The van der Waals surface area contributed by atoms with Crippen molar-refractivity contribution in [3.05, 3.63) is 60.2 Å². The van der Waals surface area contributed by atoms with Gasteiger partial charge in [0.2, 0.25) is 5.91 Å². The highest BCUT2D eigenvalue weighted by Gasteiger charge is 2.41. The van der Waals surface area contributed by atoms with Crippen molar-refractivity contribution in [1.29, 1.82) is 0 Å². The number of ether oxygens (including phenoxy) is 3. The number of esters is 1. The average Bonchev–Trinajstić information content (AvgIpc) is 2.93. The van der Waals surface area contributed by atoms with Crippen LogP contribution >= 0.6 is 0 Å². The minimum Gasteiger partial charge on any atom is -0.497 e. The van der Waals surface area contributed by atoms with Crippen LogP contribution in [0.15, 0.2) is 59.5 Å². The molecule has 0 radical (unpaired) electrons. The molecule has 11 nitrogen and oxygen atoms in total. The van der Waals surface area contributed by atoms with Crippen LogP contribution in [0.3, 0.4) is 0 Å². The zero-order valence-electron chi connectivity index (χ0n) is 25.0. The Labute approximate surface area is 247 Å². The Hall–Kier alpha value is -3.93. The highest BCUT2D eigenvalue weighted by atomic mass is 32.2. The van der Waals surface area contributed by atoms with E-state index in [1.807, 2.05) is 0 Å². The molecule has 0 saturated carbocycles.